The number of rotatable bonds is 8. The number of amides is 1. The highest BCUT2D eigenvalue weighted by Gasteiger charge is 2.38. The van der Waals surface area contributed by atoms with Gasteiger partial charge in [-0.05, 0) is 12.3 Å². The maximum atomic E-state index is 12.2. The van der Waals surface area contributed by atoms with Crippen LogP contribution in [-0.2, 0) is 14.3 Å². The van der Waals surface area contributed by atoms with Crippen LogP contribution < -0.4 is 5.32 Å². The molecule has 1 fully saturated rings. The Morgan fingerprint density at radius 1 is 1.33 bits per heavy atom. The normalized spacial score (nSPS) is 24.3. The van der Waals surface area contributed by atoms with Gasteiger partial charge in [0, 0.05) is 13.7 Å². The minimum absolute atomic E-state index is 0.0473. The van der Waals surface area contributed by atoms with Crippen molar-refractivity contribution in [2.75, 3.05) is 33.5 Å². The van der Waals surface area contributed by atoms with Gasteiger partial charge in [-0.25, -0.2) is 0 Å². The van der Waals surface area contributed by atoms with E-state index in [1.165, 1.54) is 0 Å². The van der Waals surface area contributed by atoms with Gasteiger partial charge in [-0.3, -0.25) is 10.1 Å². The first-order chi connectivity index (χ1) is 8.61. The maximum absolute atomic E-state index is 12.2. The zero-order valence-corrected chi connectivity index (χ0v) is 11.9. The Bertz CT molecular complexity index is 259. The van der Waals surface area contributed by atoms with E-state index < -0.39 is 0 Å². The first kappa shape index (κ1) is 15.4. The molecule has 1 heterocycles. The molecule has 18 heavy (non-hydrogen) atoms. The molecule has 1 saturated heterocycles. The first-order valence-electron chi connectivity index (χ1n) is 6.75. The molecular formula is C13H26N2O3. The topological polar surface area (TPSA) is 50.8 Å². The van der Waals surface area contributed by atoms with Gasteiger partial charge in [0.25, 0.3) is 0 Å². The molecule has 5 nitrogen and oxygen atoms in total. The Morgan fingerprint density at radius 3 is 2.61 bits per heavy atom. The molecule has 5 heteroatoms. The molecule has 0 saturated carbocycles. The van der Waals surface area contributed by atoms with Crippen LogP contribution in [0.5, 0.6) is 0 Å². The summed E-state index contributed by atoms with van der Waals surface area (Å²) in [5.41, 5.74) is 0. The molecule has 2 atom stereocenters. The second kappa shape index (κ2) is 7.71. The van der Waals surface area contributed by atoms with Crippen molar-refractivity contribution in [1.29, 1.82) is 0 Å². The molecule has 0 aliphatic carbocycles. The first-order valence-corrected chi connectivity index (χ1v) is 6.75. The Balaban J connectivity index is 2.39. The molecule has 0 radical (unpaired) electrons. The third kappa shape index (κ3) is 3.93. The van der Waals surface area contributed by atoms with Crippen LogP contribution in [0, 0.1) is 5.92 Å². The number of hydrogen-bond acceptors (Lipinski definition) is 4. The van der Waals surface area contributed by atoms with Crippen molar-refractivity contribution in [3.05, 3.63) is 0 Å². The molecule has 2 unspecified atom stereocenters. The number of ether oxygens (including phenoxy) is 2. The predicted octanol–water partition coefficient (Wildman–Crippen LogP) is 0.842. The van der Waals surface area contributed by atoms with Gasteiger partial charge in [0.05, 0.1) is 32.0 Å². The van der Waals surface area contributed by atoms with Crippen LogP contribution in [0.1, 0.15) is 27.2 Å². The van der Waals surface area contributed by atoms with Crippen molar-refractivity contribution in [2.45, 2.75) is 39.4 Å². The van der Waals surface area contributed by atoms with E-state index in [0.717, 1.165) is 6.42 Å². The zero-order chi connectivity index (χ0) is 13.5. The predicted molar refractivity (Wildman–Crippen MR) is 70.2 cm³/mol. The van der Waals surface area contributed by atoms with E-state index in [4.69, 9.17) is 9.47 Å². The summed E-state index contributed by atoms with van der Waals surface area (Å²) in [6, 6.07) is -0.0473. The lowest BCUT2D eigenvalue weighted by atomic mass is 10.1. The van der Waals surface area contributed by atoms with Crippen molar-refractivity contribution in [2.24, 2.45) is 5.92 Å². The molecular weight excluding hydrogens is 232 g/mol. The van der Waals surface area contributed by atoms with Crippen molar-refractivity contribution in [3.63, 3.8) is 0 Å². The summed E-state index contributed by atoms with van der Waals surface area (Å²) in [6.45, 7) is 8.62. The summed E-state index contributed by atoms with van der Waals surface area (Å²) in [4.78, 5) is 14.1. The van der Waals surface area contributed by atoms with Gasteiger partial charge in [0.2, 0.25) is 5.91 Å². The highest BCUT2D eigenvalue weighted by Crippen LogP contribution is 2.18. The average molecular weight is 258 g/mol. The summed E-state index contributed by atoms with van der Waals surface area (Å²) in [7, 11) is 1.65. The zero-order valence-electron chi connectivity index (χ0n) is 11.9. The van der Waals surface area contributed by atoms with Crippen LogP contribution in [0.25, 0.3) is 0 Å². The quantitative estimate of drug-likeness (QED) is 0.656. The van der Waals surface area contributed by atoms with E-state index in [1.54, 1.807) is 7.11 Å². The summed E-state index contributed by atoms with van der Waals surface area (Å²) in [6.07, 6.45) is 1.07. The average Bonchev–Trinajstić information content (AvgIpc) is 2.66. The molecule has 1 amide bonds. The van der Waals surface area contributed by atoms with Crippen molar-refractivity contribution >= 4 is 5.91 Å². The molecule has 1 rings (SSSR count). The third-order valence-corrected chi connectivity index (χ3v) is 3.26. The Morgan fingerprint density at radius 2 is 2.06 bits per heavy atom. The van der Waals surface area contributed by atoms with Crippen LogP contribution in [-0.4, -0.2) is 56.5 Å². The van der Waals surface area contributed by atoms with Gasteiger partial charge in [-0.15, -0.1) is 0 Å². The van der Waals surface area contributed by atoms with Gasteiger partial charge in [-0.1, -0.05) is 20.8 Å². The molecule has 1 N–H and O–H groups in total. The summed E-state index contributed by atoms with van der Waals surface area (Å²) in [5, 5.41) is 3.39. The fourth-order valence-electron chi connectivity index (χ4n) is 2.19. The second-order valence-electron chi connectivity index (χ2n) is 4.95. The van der Waals surface area contributed by atoms with Crippen molar-refractivity contribution < 1.29 is 14.3 Å². The molecule has 0 aromatic carbocycles. The van der Waals surface area contributed by atoms with Gasteiger partial charge < -0.3 is 14.4 Å². The van der Waals surface area contributed by atoms with E-state index in [9.17, 15) is 4.79 Å². The van der Waals surface area contributed by atoms with E-state index in [-0.39, 0.29) is 18.1 Å². The van der Waals surface area contributed by atoms with E-state index >= 15 is 0 Å². The Labute approximate surface area is 110 Å². The van der Waals surface area contributed by atoms with Crippen molar-refractivity contribution in [1.82, 2.24) is 10.2 Å². The van der Waals surface area contributed by atoms with E-state index in [2.05, 4.69) is 26.1 Å². The molecule has 0 bridgehead atoms. The Kier molecular flexibility index (Phi) is 6.60. The van der Waals surface area contributed by atoms with Gasteiger partial charge in [-0.2, -0.15) is 0 Å². The number of methoxy groups -OCH3 is 1. The highest BCUT2D eigenvalue weighted by molar-refractivity contribution is 5.84. The Hall–Kier alpha value is -0.650. The van der Waals surface area contributed by atoms with Crippen LogP contribution in [0.15, 0.2) is 0 Å². The molecule has 0 spiro atoms. The largest absolute Gasteiger partial charge is 0.382 e. The van der Waals surface area contributed by atoms with Gasteiger partial charge >= 0.3 is 0 Å². The summed E-state index contributed by atoms with van der Waals surface area (Å²) < 4.78 is 10.3. The van der Waals surface area contributed by atoms with E-state index in [1.807, 2.05) is 4.90 Å². The minimum Gasteiger partial charge on any atom is -0.382 e. The molecule has 0 aromatic heterocycles. The lowest BCUT2D eigenvalue weighted by Gasteiger charge is -2.22. The molecule has 0 aromatic rings. The van der Waals surface area contributed by atoms with Crippen molar-refractivity contribution in [3.8, 4) is 0 Å². The van der Waals surface area contributed by atoms with Gasteiger partial charge in [0.1, 0.15) is 0 Å². The smallest absolute Gasteiger partial charge is 0.241 e. The second-order valence-corrected chi connectivity index (χ2v) is 4.95. The van der Waals surface area contributed by atoms with Gasteiger partial charge in [0.15, 0.2) is 0 Å². The molecule has 1 aliphatic rings. The molecule has 1 aliphatic heterocycles. The fourth-order valence-corrected chi connectivity index (χ4v) is 2.19. The lowest BCUT2D eigenvalue weighted by molar-refractivity contribution is -0.131. The fraction of sp³-hybridized carbons (Fsp3) is 0.923. The third-order valence-electron chi connectivity index (χ3n) is 3.26. The maximum Gasteiger partial charge on any atom is 0.241 e. The van der Waals surface area contributed by atoms with E-state index in [0.29, 0.717) is 32.3 Å². The number of nitrogens with one attached hydrogen (secondary N) is 1. The van der Waals surface area contributed by atoms with Crippen LogP contribution >= 0.6 is 0 Å². The number of carbonyl (C=O) groups excluding carboxylic acids is 1. The minimum atomic E-state index is -0.0473. The summed E-state index contributed by atoms with van der Waals surface area (Å²) >= 11 is 0. The van der Waals surface area contributed by atoms with Crippen LogP contribution in [0.4, 0.5) is 0 Å². The number of hydrogen-bond donors (Lipinski definition) is 1. The lowest BCUT2D eigenvalue weighted by Crippen LogP contribution is -2.39. The number of nitrogens with zero attached hydrogens (tertiary/aromatic N) is 1. The SMILES string of the molecule is CCC1NC(C(C)C)C(=O)N1CCOCCOC. The molecule has 106 valence electrons. The van der Waals surface area contributed by atoms with Crippen LogP contribution in [0.2, 0.25) is 0 Å². The standard InChI is InChI=1S/C13H26N2O3/c1-5-11-14-12(10(2)3)13(16)15(11)6-7-18-9-8-17-4/h10-12,14H,5-9H2,1-4H3. The van der Waals surface area contributed by atoms with Crippen LogP contribution in [0.3, 0.4) is 0 Å². The monoisotopic (exact) mass is 258 g/mol. The summed E-state index contributed by atoms with van der Waals surface area (Å²) in [5.74, 6) is 0.526. The number of carbonyl (C=O) groups is 1. The highest BCUT2D eigenvalue weighted by atomic mass is 16.5.